The van der Waals surface area contributed by atoms with Crippen LogP contribution in [0.1, 0.15) is 73.4 Å². The Morgan fingerprint density at radius 3 is 2.45 bits per heavy atom. The van der Waals surface area contributed by atoms with E-state index >= 15 is 0 Å². The molecule has 5 rings (SSSR count). The summed E-state index contributed by atoms with van der Waals surface area (Å²) in [5, 5.41) is 11.4. The van der Waals surface area contributed by atoms with Gasteiger partial charge in [0.2, 0.25) is 0 Å². The van der Waals surface area contributed by atoms with E-state index in [-0.39, 0.29) is 22.0 Å². The molecule has 2 N–H and O–H groups in total. The monoisotopic (exact) mass is 532 g/mol. The highest BCUT2D eigenvalue weighted by Crippen LogP contribution is 2.43. The van der Waals surface area contributed by atoms with Gasteiger partial charge in [0, 0.05) is 6.42 Å². The average Bonchev–Trinajstić information content (AvgIpc) is 3.40. The van der Waals surface area contributed by atoms with Crippen molar-refractivity contribution in [3.63, 3.8) is 0 Å². The van der Waals surface area contributed by atoms with E-state index in [2.05, 4.69) is 53.9 Å². The number of carboxylic acids is 1. The normalized spacial score (nSPS) is 17.7. The number of carbonyl (C=O) groups is 1. The first-order valence-electron chi connectivity index (χ1n) is 12.8. The molecular formula is C30H32N2O5S. The highest BCUT2D eigenvalue weighted by Gasteiger charge is 2.28. The third-order valence-corrected chi connectivity index (χ3v) is 8.99. The summed E-state index contributed by atoms with van der Waals surface area (Å²) in [7, 11) is -2.64. The predicted octanol–water partition coefficient (Wildman–Crippen LogP) is 6.71. The number of allylic oxidation sites excluding steroid dienone is 1. The zero-order valence-electron chi connectivity index (χ0n) is 21.8. The number of ether oxygens (including phenoxy) is 1. The fourth-order valence-electron chi connectivity index (χ4n) is 5.30. The molecule has 1 heterocycles. The number of fused-ring (bicyclic) bond motifs is 1. The molecule has 0 radical (unpaired) electrons. The van der Waals surface area contributed by atoms with Gasteiger partial charge in [0.25, 0.3) is 10.0 Å². The number of nitrogens with one attached hydrogen (secondary N) is 1. The van der Waals surface area contributed by atoms with Gasteiger partial charge in [-0.3, -0.25) is 4.72 Å². The number of aliphatic imine (C=N–C) groups is 1. The third-order valence-electron chi connectivity index (χ3n) is 7.69. The number of benzene rings is 3. The summed E-state index contributed by atoms with van der Waals surface area (Å²) in [4.78, 5) is 15.6. The average molecular weight is 533 g/mol. The Morgan fingerprint density at radius 1 is 1.03 bits per heavy atom. The van der Waals surface area contributed by atoms with Crippen molar-refractivity contribution in [2.75, 3.05) is 11.8 Å². The van der Waals surface area contributed by atoms with Crippen LogP contribution in [0.3, 0.4) is 0 Å². The predicted molar refractivity (Wildman–Crippen MR) is 151 cm³/mol. The van der Waals surface area contributed by atoms with Crippen molar-refractivity contribution in [2.45, 2.75) is 51.9 Å². The largest absolute Gasteiger partial charge is 0.495 e. The van der Waals surface area contributed by atoms with E-state index in [4.69, 9.17) is 4.74 Å². The molecule has 0 bridgehead atoms. The van der Waals surface area contributed by atoms with E-state index < -0.39 is 16.0 Å². The number of nitrogens with zero attached hydrogens (tertiary/aromatic N) is 1. The van der Waals surface area contributed by atoms with Crippen molar-refractivity contribution in [3.8, 4) is 5.75 Å². The maximum atomic E-state index is 13.0. The van der Waals surface area contributed by atoms with Gasteiger partial charge in [0.1, 0.15) is 5.75 Å². The van der Waals surface area contributed by atoms with E-state index in [0.717, 1.165) is 10.9 Å². The summed E-state index contributed by atoms with van der Waals surface area (Å²) < 4.78 is 33.8. The molecule has 3 aromatic rings. The first-order valence-corrected chi connectivity index (χ1v) is 14.3. The molecule has 0 spiro atoms. The van der Waals surface area contributed by atoms with Crippen LogP contribution < -0.4 is 9.46 Å². The third kappa shape index (κ3) is 5.31. The topological polar surface area (TPSA) is 105 Å². The van der Waals surface area contributed by atoms with Gasteiger partial charge in [0.05, 0.1) is 24.1 Å². The van der Waals surface area contributed by atoms with Crippen LogP contribution in [0.5, 0.6) is 5.75 Å². The van der Waals surface area contributed by atoms with Crippen LogP contribution in [-0.2, 0) is 10.0 Å². The highest BCUT2D eigenvalue weighted by atomic mass is 32.2. The lowest BCUT2D eigenvalue weighted by molar-refractivity contribution is 0.0696. The SMILES string of the molecule is COc1cc(C(=O)O)ccc1NS(=O)(=O)C1=CCC(c2ccc3cc(C4CCC(C)(C)CC4)ccc3c2)=N1. The molecule has 0 unspecified atom stereocenters. The Kier molecular flexibility index (Phi) is 6.77. The summed E-state index contributed by atoms with van der Waals surface area (Å²) in [5.41, 5.74) is 3.54. The van der Waals surface area contributed by atoms with Crippen LogP contribution in [0.15, 0.2) is 70.7 Å². The van der Waals surface area contributed by atoms with Crippen molar-refractivity contribution in [1.82, 2.24) is 0 Å². The number of hydrogen-bond acceptors (Lipinski definition) is 5. The van der Waals surface area contributed by atoms with Crippen molar-refractivity contribution in [3.05, 3.63) is 82.4 Å². The van der Waals surface area contributed by atoms with Gasteiger partial charge in [-0.15, -0.1) is 0 Å². The van der Waals surface area contributed by atoms with Gasteiger partial charge >= 0.3 is 5.97 Å². The summed E-state index contributed by atoms with van der Waals surface area (Å²) in [5.74, 6) is -0.410. The van der Waals surface area contributed by atoms with E-state index in [1.54, 1.807) is 6.08 Å². The Morgan fingerprint density at radius 2 is 1.74 bits per heavy atom. The summed E-state index contributed by atoms with van der Waals surface area (Å²) in [6, 6.07) is 16.8. The minimum atomic E-state index is -3.99. The van der Waals surface area contributed by atoms with Crippen molar-refractivity contribution < 1.29 is 23.1 Å². The van der Waals surface area contributed by atoms with Crippen molar-refractivity contribution >= 4 is 38.2 Å². The molecular weight excluding hydrogens is 500 g/mol. The molecule has 1 saturated carbocycles. The number of hydrogen-bond donors (Lipinski definition) is 2. The quantitative estimate of drug-likeness (QED) is 0.352. The number of carboxylic acid groups (broad SMARTS) is 1. The molecule has 2 aliphatic rings. The molecule has 198 valence electrons. The zero-order valence-corrected chi connectivity index (χ0v) is 22.6. The van der Waals surface area contributed by atoms with Crippen LogP contribution in [0.4, 0.5) is 5.69 Å². The van der Waals surface area contributed by atoms with E-state index in [1.807, 2.05) is 6.07 Å². The van der Waals surface area contributed by atoms with Crippen LogP contribution >= 0.6 is 0 Å². The molecule has 38 heavy (non-hydrogen) atoms. The van der Waals surface area contributed by atoms with Gasteiger partial charge in [-0.05, 0) is 89.3 Å². The second-order valence-corrected chi connectivity index (χ2v) is 12.5. The molecule has 0 amide bonds. The van der Waals surface area contributed by atoms with Gasteiger partial charge in [-0.25, -0.2) is 9.79 Å². The fourth-order valence-corrected chi connectivity index (χ4v) is 6.39. The minimum absolute atomic E-state index is 0.00343. The van der Waals surface area contributed by atoms with Crippen molar-refractivity contribution in [2.24, 2.45) is 10.4 Å². The maximum absolute atomic E-state index is 13.0. The molecule has 3 aromatic carbocycles. The van der Waals surface area contributed by atoms with Gasteiger partial charge in [0.15, 0.2) is 5.03 Å². The molecule has 0 aromatic heterocycles. The number of sulfonamides is 1. The number of anilines is 1. The number of methoxy groups -OCH3 is 1. The minimum Gasteiger partial charge on any atom is -0.495 e. The second kappa shape index (κ2) is 9.91. The lowest BCUT2D eigenvalue weighted by Crippen LogP contribution is -2.20. The first kappa shape index (κ1) is 26.0. The van der Waals surface area contributed by atoms with E-state index in [1.165, 1.54) is 61.9 Å². The Labute approximate surface area is 223 Å². The fraction of sp³-hybridized carbons (Fsp3) is 0.333. The van der Waals surface area contributed by atoms with Crippen LogP contribution in [-0.4, -0.2) is 32.3 Å². The lowest BCUT2D eigenvalue weighted by Gasteiger charge is -2.34. The number of aromatic carboxylic acids is 1. The summed E-state index contributed by atoms with van der Waals surface area (Å²) in [6.07, 6.45) is 6.92. The Balaban J connectivity index is 1.34. The molecule has 7 nitrogen and oxygen atoms in total. The van der Waals surface area contributed by atoms with Crippen molar-refractivity contribution in [1.29, 1.82) is 0 Å². The molecule has 1 aliphatic heterocycles. The summed E-state index contributed by atoms with van der Waals surface area (Å²) >= 11 is 0. The number of rotatable bonds is 7. The second-order valence-electron chi connectivity index (χ2n) is 10.9. The molecule has 8 heteroatoms. The van der Waals surface area contributed by atoms with Gasteiger partial charge in [-0.2, -0.15) is 8.42 Å². The summed E-state index contributed by atoms with van der Waals surface area (Å²) in [6.45, 7) is 4.71. The van der Waals surface area contributed by atoms with Crippen LogP contribution in [0.25, 0.3) is 10.8 Å². The molecule has 0 atom stereocenters. The highest BCUT2D eigenvalue weighted by molar-refractivity contribution is 7.96. The van der Waals surface area contributed by atoms with E-state index in [9.17, 15) is 18.3 Å². The van der Waals surface area contributed by atoms with Gasteiger partial charge < -0.3 is 9.84 Å². The Bertz CT molecular complexity index is 1580. The standard InChI is InChI=1S/C30H32N2O5S/c1-30(2)14-12-19(13-15-30)20-4-5-22-17-23(7-6-21(22)16-20)25-10-11-28(31-25)38(35,36)32-26-9-8-24(29(33)34)18-27(26)37-3/h4-9,11,16-19,32H,10,12-15H2,1-3H3,(H,33,34). The zero-order chi connectivity index (χ0) is 27.1. The first-order chi connectivity index (χ1) is 18.0. The maximum Gasteiger partial charge on any atom is 0.335 e. The molecule has 1 aliphatic carbocycles. The van der Waals surface area contributed by atoms with Crippen LogP contribution in [0.2, 0.25) is 0 Å². The lowest BCUT2D eigenvalue weighted by atomic mass is 9.71. The van der Waals surface area contributed by atoms with E-state index in [0.29, 0.717) is 23.5 Å². The molecule has 0 saturated heterocycles. The molecule has 1 fully saturated rings. The van der Waals surface area contributed by atoms with Crippen LogP contribution in [0, 0.1) is 5.41 Å². The smallest absolute Gasteiger partial charge is 0.335 e. The van der Waals surface area contributed by atoms with Gasteiger partial charge in [-0.1, -0.05) is 44.2 Å². The Hall–Kier alpha value is -3.65.